The van der Waals surface area contributed by atoms with Crippen molar-refractivity contribution in [3.8, 4) is 6.01 Å². The first kappa shape index (κ1) is 15.4. The van der Waals surface area contributed by atoms with Crippen molar-refractivity contribution in [2.24, 2.45) is 5.84 Å². The molecule has 1 aromatic heterocycles. The van der Waals surface area contributed by atoms with Crippen molar-refractivity contribution < 1.29 is 9.13 Å². The largest absolute Gasteiger partial charge is 0.463 e. The van der Waals surface area contributed by atoms with E-state index in [1.807, 2.05) is 6.92 Å². The fourth-order valence-electron chi connectivity index (χ4n) is 1.45. The van der Waals surface area contributed by atoms with Gasteiger partial charge in [0.2, 0.25) is 11.9 Å². The van der Waals surface area contributed by atoms with Crippen LogP contribution in [0, 0.1) is 5.82 Å². The van der Waals surface area contributed by atoms with Crippen molar-refractivity contribution in [1.29, 1.82) is 0 Å². The molecule has 1 aromatic carbocycles. The Bertz CT molecular complexity index is 627. The maximum atomic E-state index is 13.8. The third-order valence-electron chi connectivity index (χ3n) is 2.36. The average molecular weight is 357 g/mol. The second-order valence-corrected chi connectivity index (χ2v) is 4.92. The molecule has 0 amide bonds. The fraction of sp³-hybridized carbons (Fsp3) is 0.250. The number of hydrogen-bond acceptors (Lipinski definition) is 7. The van der Waals surface area contributed by atoms with E-state index in [9.17, 15) is 4.39 Å². The number of ether oxygens (including phenoxy) is 1. The monoisotopic (exact) mass is 356 g/mol. The molecule has 0 fully saturated rings. The van der Waals surface area contributed by atoms with E-state index in [1.165, 1.54) is 6.07 Å². The van der Waals surface area contributed by atoms with Crippen LogP contribution in [0.15, 0.2) is 22.7 Å². The highest BCUT2D eigenvalue weighted by Gasteiger charge is 2.09. The summed E-state index contributed by atoms with van der Waals surface area (Å²) in [6, 6.07) is 4.70. The Morgan fingerprint density at radius 1 is 1.29 bits per heavy atom. The number of hydrazine groups is 1. The maximum Gasteiger partial charge on any atom is 0.323 e. The van der Waals surface area contributed by atoms with Crippen LogP contribution < -0.4 is 21.3 Å². The van der Waals surface area contributed by atoms with Crippen molar-refractivity contribution in [1.82, 2.24) is 15.0 Å². The molecular formula is C12H14BrFN6O. The normalized spacial score (nSPS) is 10.3. The number of halogens is 2. The van der Waals surface area contributed by atoms with Crippen molar-refractivity contribution in [2.75, 3.05) is 17.3 Å². The molecule has 0 aliphatic carbocycles. The number of nitrogen functional groups attached to an aromatic ring is 1. The Morgan fingerprint density at radius 3 is 2.71 bits per heavy atom. The van der Waals surface area contributed by atoms with E-state index in [1.54, 1.807) is 12.1 Å². The Morgan fingerprint density at radius 2 is 2.05 bits per heavy atom. The van der Waals surface area contributed by atoms with Crippen LogP contribution in [-0.4, -0.2) is 21.6 Å². The molecular weight excluding hydrogens is 343 g/mol. The van der Waals surface area contributed by atoms with E-state index >= 15 is 0 Å². The highest BCUT2D eigenvalue weighted by Crippen LogP contribution is 2.22. The van der Waals surface area contributed by atoms with Crippen LogP contribution in [0.3, 0.4) is 0 Å². The molecule has 0 bridgehead atoms. The summed E-state index contributed by atoms with van der Waals surface area (Å²) in [5.74, 6) is 5.10. The van der Waals surface area contributed by atoms with Gasteiger partial charge in [-0.05, 0) is 24.6 Å². The predicted molar refractivity (Wildman–Crippen MR) is 80.8 cm³/mol. The molecule has 0 saturated heterocycles. The zero-order valence-electron chi connectivity index (χ0n) is 11.2. The molecule has 0 atom stereocenters. The maximum absolute atomic E-state index is 13.8. The van der Waals surface area contributed by atoms with E-state index in [-0.39, 0.29) is 23.6 Å². The van der Waals surface area contributed by atoms with Gasteiger partial charge in [0.25, 0.3) is 0 Å². The Hall–Kier alpha value is -2.00. The van der Waals surface area contributed by atoms with Crippen LogP contribution in [0.1, 0.15) is 13.3 Å². The lowest BCUT2D eigenvalue weighted by molar-refractivity contribution is 0.292. The molecule has 2 rings (SSSR count). The Balaban J connectivity index is 2.25. The van der Waals surface area contributed by atoms with Gasteiger partial charge in [0.05, 0.1) is 12.3 Å². The van der Waals surface area contributed by atoms with Gasteiger partial charge >= 0.3 is 6.01 Å². The molecule has 112 valence electrons. The zero-order valence-corrected chi connectivity index (χ0v) is 12.8. The van der Waals surface area contributed by atoms with Crippen LogP contribution in [0.2, 0.25) is 0 Å². The molecule has 0 spiro atoms. The summed E-state index contributed by atoms with van der Waals surface area (Å²) in [6.45, 7) is 2.42. The first-order valence-electron chi connectivity index (χ1n) is 6.20. The Kier molecular flexibility index (Phi) is 5.23. The van der Waals surface area contributed by atoms with Gasteiger partial charge < -0.3 is 10.1 Å². The van der Waals surface area contributed by atoms with Crippen LogP contribution in [0.25, 0.3) is 0 Å². The minimum Gasteiger partial charge on any atom is -0.463 e. The minimum atomic E-state index is -0.442. The second kappa shape index (κ2) is 7.14. The van der Waals surface area contributed by atoms with Gasteiger partial charge in [0, 0.05) is 4.47 Å². The van der Waals surface area contributed by atoms with Crippen molar-refractivity contribution in [3.05, 3.63) is 28.5 Å². The molecule has 2 aromatic rings. The van der Waals surface area contributed by atoms with Crippen molar-refractivity contribution in [2.45, 2.75) is 13.3 Å². The highest BCUT2D eigenvalue weighted by molar-refractivity contribution is 9.10. The van der Waals surface area contributed by atoms with Crippen LogP contribution in [0.5, 0.6) is 6.01 Å². The number of aromatic nitrogens is 3. The van der Waals surface area contributed by atoms with Gasteiger partial charge in [-0.2, -0.15) is 15.0 Å². The molecule has 0 aliphatic rings. The van der Waals surface area contributed by atoms with E-state index in [2.05, 4.69) is 41.6 Å². The van der Waals surface area contributed by atoms with E-state index in [0.717, 1.165) is 6.42 Å². The summed E-state index contributed by atoms with van der Waals surface area (Å²) in [4.78, 5) is 12.0. The lowest BCUT2D eigenvalue weighted by atomic mass is 10.3. The number of benzene rings is 1. The number of anilines is 3. The van der Waals surface area contributed by atoms with Crippen LogP contribution >= 0.6 is 15.9 Å². The second-order valence-electron chi connectivity index (χ2n) is 4.01. The van der Waals surface area contributed by atoms with E-state index in [4.69, 9.17) is 10.6 Å². The van der Waals surface area contributed by atoms with Crippen molar-refractivity contribution in [3.63, 3.8) is 0 Å². The highest BCUT2D eigenvalue weighted by atomic mass is 79.9. The summed E-state index contributed by atoms with van der Waals surface area (Å²) in [6.07, 6.45) is 0.807. The molecule has 1 heterocycles. The topological polar surface area (TPSA) is 98.0 Å². The molecule has 0 unspecified atom stereocenters. The number of nitrogens with two attached hydrogens (primary N) is 1. The third-order valence-corrected chi connectivity index (χ3v) is 2.85. The lowest BCUT2D eigenvalue weighted by Gasteiger charge is -2.09. The zero-order chi connectivity index (χ0) is 15.2. The number of hydrogen-bond donors (Lipinski definition) is 3. The van der Waals surface area contributed by atoms with E-state index < -0.39 is 5.82 Å². The quantitative estimate of drug-likeness (QED) is 0.540. The molecule has 7 nitrogen and oxygen atoms in total. The predicted octanol–water partition coefficient (Wildman–Crippen LogP) is 2.59. The van der Waals surface area contributed by atoms with Gasteiger partial charge in [-0.25, -0.2) is 10.2 Å². The molecule has 9 heteroatoms. The van der Waals surface area contributed by atoms with Gasteiger partial charge in [-0.3, -0.25) is 5.43 Å². The van der Waals surface area contributed by atoms with Crippen LogP contribution in [0.4, 0.5) is 22.0 Å². The SMILES string of the molecule is CCCOc1nc(NN)nc(Nc2ccc(Br)cc2F)n1. The molecule has 4 N–H and O–H groups in total. The number of rotatable bonds is 6. The van der Waals surface area contributed by atoms with Gasteiger partial charge in [0.1, 0.15) is 5.82 Å². The summed E-state index contributed by atoms with van der Waals surface area (Å²) >= 11 is 3.19. The van der Waals surface area contributed by atoms with Gasteiger partial charge in [-0.1, -0.05) is 22.9 Å². The first-order valence-corrected chi connectivity index (χ1v) is 6.99. The summed E-state index contributed by atoms with van der Waals surface area (Å²) in [7, 11) is 0. The fourth-order valence-corrected chi connectivity index (χ4v) is 1.78. The minimum absolute atomic E-state index is 0.111. The lowest BCUT2D eigenvalue weighted by Crippen LogP contribution is -2.14. The van der Waals surface area contributed by atoms with E-state index in [0.29, 0.717) is 11.1 Å². The van der Waals surface area contributed by atoms with Gasteiger partial charge in [0.15, 0.2) is 0 Å². The van der Waals surface area contributed by atoms with Gasteiger partial charge in [-0.15, -0.1) is 0 Å². The third kappa shape index (κ3) is 4.23. The molecule has 0 aliphatic heterocycles. The summed E-state index contributed by atoms with van der Waals surface area (Å²) in [5.41, 5.74) is 2.54. The molecule has 0 saturated carbocycles. The average Bonchev–Trinajstić information content (AvgIpc) is 2.48. The molecule has 21 heavy (non-hydrogen) atoms. The molecule has 0 radical (unpaired) electrons. The van der Waals surface area contributed by atoms with Crippen LogP contribution in [-0.2, 0) is 0 Å². The summed E-state index contributed by atoms with van der Waals surface area (Å²) in [5, 5.41) is 2.76. The van der Waals surface area contributed by atoms with Crippen molar-refractivity contribution >= 4 is 33.5 Å². The standard InChI is InChI=1S/C12H14BrFN6O/c1-2-5-21-12-18-10(17-11(19-12)20-15)16-9-4-3-7(13)6-8(9)14/h3-4,6H,2,5,15H2,1H3,(H2,16,17,18,19,20). The number of nitrogens with one attached hydrogen (secondary N) is 2. The summed E-state index contributed by atoms with van der Waals surface area (Å²) < 4.78 is 19.7. The Labute approximate surface area is 129 Å². The number of nitrogens with zero attached hydrogens (tertiary/aromatic N) is 3. The smallest absolute Gasteiger partial charge is 0.323 e. The first-order chi connectivity index (χ1) is 10.1.